The molecule has 12 heteroatoms. The number of rotatable bonds is 4. The monoisotopic (exact) mass is 479 g/mol. The molecule has 3 heterocycles. The minimum absolute atomic E-state index is 0.0473. The van der Waals surface area contributed by atoms with Crippen molar-refractivity contribution in [2.45, 2.75) is 26.1 Å². The second-order valence-corrected chi connectivity index (χ2v) is 10.1. The largest absolute Gasteiger partial charge is 0.373 e. The fourth-order valence-corrected chi connectivity index (χ4v) is 5.81. The zero-order valence-corrected chi connectivity index (χ0v) is 19.2. The van der Waals surface area contributed by atoms with E-state index in [0.29, 0.717) is 18.8 Å². The lowest BCUT2D eigenvalue weighted by atomic mass is 10.3. The molecule has 2 saturated heterocycles. The van der Waals surface area contributed by atoms with Crippen LogP contribution < -0.4 is 5.56 Å². The quantitative estimate of drug-likeness (QED) is 0.632. The molecule has 178 valence electrons. The first-order valence-corrected chi connectivity index (χ1v) is 12.1. The topological polar surface area (TPSA) is 105 Å². The van der Waals surface area contributed by atoms with Crippen molar-refractivity contribution < 1.29 is 22.3 Å². The lowest BCUT2D eigenvalue weighted by molar-refractivity contribution is -0.0457. The number of ether oxygens (including phenoxy) is 1. The zero-order valence-electron chi connectivity index (χ0n) is 18.4. The maximum Gasteiger partial charge on any atom is 0.282 e. The van der Waals surface area contributed by atoms with Gasteiger partial charge in [-0.15, -0.1) is 0 Å². The molecule has 0 N–H and O–H groups in total. The highest BCUT2D eigenvalue weighted by atomic mass is 32.2. The Balaban J connectivity index is 1.45. The average Bonchev–Trinajstić information content (AvgIpc) is 2.79. The Labute approximate surface area is 191 Å². The summed E-state index contributed by atoms with van der Waals surface area (Å²) in [4.78, 5) is 26.7. The lowest BCUT2D eigenvalue weighted by Crippen LogP contribution is -2.57. The van der Waals surface area contributed by atoms with Crippen molar-refractivity contribution in [3.63, 3.8) is 0 Å². The van der Waals surface area contributed by atoms with Crippen molar-refractivity contribution >= 4 is 16.1 Å². The van der Waals surface area contributed by atoms with E-state index in [2.05, 4.69) is 5.10 Å². The van der Waals surface area contributed by atoms with Gasteiger partial charge in [0.15, 0.2) is 0 Å². The molecule has 0 spiro atoms. The summed E-state index contributed by atoms with van der Waals surface area (Å²) in [5.41, 5.74) is -0.0740. The van der Waals surface area contributed by atoms with E-state index in [9.17, 15) is 22.4 Å². The predicted molar refractivity (Wildman–Crippen MR) is 118 cm³/mol. The van der Waals surface area contributed by atoms with Crippen molar-refractivity contribution in [1.82, 2.24) is 23.3 Å². The number of benzene rings is 1. The van der Waals surface area contributed by atoms with Gasteiger partial charge in [0.2, 0.25) is 0 Å². The van der Waals surface area contributed by atoms with E-state index in [1.807, 2.05) is 13.8 Å². The van der Waals surface area contributed by atoms with E-state index >= 15 is 0 Å². The Morgan fingerprint density at radius 2 is 1.58 bits per heavy atom. The summed E-state index contributed by atoms with van der Waals surface area (Å²) in [6.45, 7) is 4.98. The third kappa shape index (κ3) is 4.98. The molecular weight excluding hydrogens is 453 g/mol. The molecule has 4 rings (SSSR count). The molecule has 10 nitrogen and oxygen atoms in total. The highest BCUT2D eigenvalue weighted by molar-refractivity contribution is 7.86. The van der Waals surface area contributed by atoms with E-state index in [1.54, 1.807) is 0 Å². The first kappa shape index (κ1) is 23.5. The van der Waals surface area contributed by atoms with Crippen molar-refractivity contribution in [3.05, 3.63) is 58.3 Å². The Morgan fingerprint density at radius 3 is 2.18 bits per heavy atom. The maximum absolute atomic E-state index is 13.2. The first-order valence-electron chi connectivity index (χ1n) is 10.7. The molecule has 33 heavy (non-hydrogen) atoms. The van der Waals surface area contributed by atoms with Gasteiger partial charge < -0.3 is 9.64 Å². The molecule has 2 unspecified atom stereocenters. The molecule has 1 aromatic heterocycles. The molecule has 1 aromatic carbocycles. The van der Waals surface area contributed by atoms with Crippen LogP contribution >= 0.6 is 0 Å². The van der Waals surface area contributed by atoms with Crippen molar-refractivity contribution in [2.75, 3.05) is 39.3 Å². The van der Waals surface area contributed by atoms with Crippen molar-refractivity contribution in [2.24, 2.45) is 0 Å². The Kier molecular flexibility index (Phi) is 6.61. The Morgan fingerprint density at radius 1 is 0.970 bits per heavy atom. The van der Waals surface area contributed by atoms with Gasteiger partial charge in [-0.2, -0.15) is 26.8 Å². The number of morpholine rings is 1. The van der Waals surface area contributed by atoms with Crippen LogP contribution in [0.2, 0.25) is 0 Å². The van der Waals surface area contributed by atoms with Crippen LogP contribution in [0.25, 0.3) is 5.69 Å². The van der Waals surface area contributed by atoms with Crippen LogP contribution in [0.1, 0.15) is 24.3 Å². The summed E-state index contributed by atoms with van der Waals surface area (Å²) in [6, 6.07) is 7.76. The fourth-order valence-electron chi connectivity index (χ4n) is 4.06. The highest BCUT2D eigenvalue weighted by Crippen LogP contribution is 2.19. The van der Waals surface area contributed by atoms with Crippen LogP contribution in [0.3, 0.4) is 0 Å². The molecule has 2 atom stereocenters. The highest BCUT2D eigenvalue weighted by Gasteiger charge is 2.37. The summed E-state index contributed by atoms with van der Waals surface area (Å²) in [5, 5.41) is 4.14. The van der Waals surface area contributed by atoms with Gasteiger partial charge in [0.25, 0.3) is 21.7 Å². The van der Waals surface area contributed by atoms with Crippen LogP contribution in [0.4, 0.5) is 4.39 Å². The molecule has 2 aromatic rings. The predicted octanol–water partition coefficient (Wildman–Crippen LogP) is 0.483. The number of carbonyl (C=O) groups is 1. The average molecular weight is 480 g/mol. The number of nitrogens with zero attached hydrogens (tertiary/aromatic N) is 5. The number of hydrogen-bond donors (Lipinski definition) is 0. The van der Waals surface area contributed by atoms with E-state index < -0.39 is 27.5 Å². The molecular formula is C21H26FN5O5S. The van der Waals surface area contributed by atoms with Gasteiger partial charge in [0.05, 0.1) is 17.9 Å². The van der Waals surface area contributed by atoms with E-state index in [4.69, 9.17) is 4.74 Å². The lowest BCUT2D eigenvalue weighted by Gasteiger charge is -2.40. The van der Waals surface area contributed by atoms with Gasteiger partial charge in [0, 0.05) is 45.3 Å². The third-order valence-corrected chi connectivity index (χ3v) is 7.62. The molecule has 2 aliphatic heterocycles. The van der Waals surface area contributed by atoms with Crippen LogP contribution in [-0.2, 0) is 14.9 Å². The van der Waals surface area contributed by atoms with Crippen LogP contribution in [0, 0.1) is 5.82 Å². The van der Waals surface area contributed by atoms with Crippen molar-refractivity contribution in [3.8, 4) is 5.69 Å². The summed E-state index contributed by atoms with van der Waals surface area (Å²) in [7, 11) is -3.66. The second kappa shape index (κ2) is 9.29. The number of aromatic nitrogens is 2. The summed E-state index contributed by atoms with van der Waals surface area (Å²) >= 11 is 0. The van der Waals surface area contributed by atoms with Gasteiger partial charge >= 0.3 is 0 Å². The second-order valence-electron chi connectivity index (χ2n) is 8.22. The maximum atomic E-state index is 13.2. The molecule has 2 fully saturated rings. The summed E-state index contributed by atoms with van der Waals surface area (Å²) < 4.78 is 48.8. The van der Waals surface area contributed by atoms with Gasteiger partial charge in [-0.25, -0.2) is 4.39 Å². The molecule has 0 bridgehead atoms. The zero-order chi connectivity index (χ0) is 23.8. The van der Waals surface area contributed by atoms with Crippen LogP contribution in [0.5, 0.6) is 0 Å². The van der Waals surface area contributed by atoms with Gasteiger partial charge in [-0.05, 0) is 44.2 Å². The SMILES string of the molecule is CC1CN(S(=O)(=O)N2CCN(C(=O)c3ccc(=O)n(-c4ccc(F)cc4)n3)CC2)CC(C)O1. The molecule has 1 amide bonds. The van der Waals surface area contributed by atoms with Gasteiger partial charge in [-0.3, -0.25) is 9.59 Å². The molecule has 0 saturated carbocycles. The van der Waals surface area contributed by atoms with E-state index in [0.717, 1.165) is 4.68 Å². The van der Waals surface area contributed by atoms with Crippen LogP contribution in [0.15, 0.2) is 41.2 Å². The molecule has 2 aliphatic rings. The number of hydrogen-bond acceptors (Lipinski definition) is 6. The minimum Gasteiger partial charge on any atom is -0.373 e. The van der Waals surface area contributed by atoms with Crippen molar-refractivity contribution in [1.29, 1.82) is 0 Å². The Bertz CT molecular complexity index is 1170. The smallest absolute Gasteiger partial charge is 0.282 e. The first-order chi connectivity index (χ1) is 15.6. The normalized spacial score (nSPS) is 22.9. The van der Waals surface area contributed by atoms with E-state index in [1.165, 1.54) is 49.9 Å². The minimum atomic E-state index is -3.66. The van der Waals surface area contributed by atoms with Gasteiger partial charge in [-0.1, -0.05) is 0 Å². The fraction of sp³-hybridized carbons (Fsp3) is 0.476. The summed E-state index contributed by atoms with van der Waals surface area (Å²) in [5.74, 6) is -0.857. The number of carbonyl (C=O) groups excluding carboxylic acids is 1. The number of halogens is 1. The van der Waals surface area contributed by atoms with Gasteiger partial charge in [0.1, 0.15) is 11.5 Å². The standard InChI is InChI=1S/C21H26FN5O5S/c1-15-13-26(14-16(2)32-15)33(30,31)25-11-9-24(10-12-25)21(29)19-7-8-20(28)27(23-19)18-5-3-17(22)4-6-18/h3-8,15-16H,9-14H2,1-2H3. The number of amides is 1. The molecule has 0 radical (unpaired) electrons. The van der Waals surface area contributed by atoms with E-state index in [-0.39, 0.29) is 44.1 Å². The van der Waals surface area contributed by atoms with Crippen LogP contribution in [-0.4, -0.2) is 89.1 Å². The molecule has 0 aliphatic carbocycles. The number of piperazine rings is 1. The Hall–Kier alpha value is -2.67. The summed E-state index contributed by atoms with van der Waals surface area (Å²) in [6.07, 6.45) is -0.372. The third-order valence-electron chi connectivity index (χ3n) is 5.66.